The lowest BCUT2D eigenvalue weighted by atomic mass is 9.87. The molecule has 3 N–H and O–H groups in total. The molecule has 1 aromatic rings. The summed E-state index contributed by atoms with van der Waals surface area (Å²) in [6, 6.07) is 4.84. The quantitative estimate of drug-likeness (QED) is 0.859. The van der Waals surface area contributed by atoms with Crippen LogP contribution in [-0.4, -0.2) is 18.5 Å². The van der Waals surface area contributed by atoms with Gasteiger partial charge in [-0.2, -0.15) is 0 Å². The Kier molecular flexibility index (Phi) is 8.04. The molecular formula is C15H23Cl3N2O. The zero-order valence-corrected chi connectivity index (χ0v) is 15.1. The van der Waals surface area contributed by atoms with E-state index in [1.54, 1.807) is 18.2 Å². The van der Waals surface area contributed by atoms with E-state index in [-0.39, 0.29) is 29.6 Å². The van der Waals surface area contributed by atoms with Crippen LogP contribution in [0.25, 0.3) is 0 Å². The van der Waals surface area contributed by atoms with E-state index < -0.39 is 6.04 Å². The van der Waals surface area contributed by atoms with Crippen molar-refractivity contribution in [2.24, 2.45) is 11.1 Å². The molecule has 1 aromatic carbocycles. The van der Waals surface area contributed by atoms with Crippen LogP contribution in [0.15, 0.2) is 18.2 Å². The fraction of sp³-hybridized carbons (Fsp3) is 0.533. The third kappa shape index (κ3) is 5.67. The van der Waals surface area contributed by atoms with Crippen LogP contribution in [0.1, 0.15) is 39.2 Å². The molecule has 0 saturated carbocycles. The molecule has 6 heteroatoms. The van der Waals surface area contributed by atoms with Crippen molar-refractivity contribution in [1.29, 1.82) is 0 Å². The summed E-state index contributed by atoms with van der Waals surface area (Å²) in [5, 5.41) is 4.08. The smallest absolute Gasteiger partial charge is 0.237 e. The van der Waals surface area contributed by atoms with Gasteiger partial charge in [0.2, 0.25) is 5.91 Å². The van der Waals surface area contributed by atoms with E-state index in [0.717, 1.165) is 5.56 Å². The van der Waals surface area contributed by atoms with Crippen LogP contribution < -0.4 is 11.1 Å². The Hall–Kier alpha value is -0.480. The molecular weight excluding hydrogens is 331 g/mol. The van der Waals surface area contributed by atoms with Gasteiger partial charge in [0, 0.05) is 22.5 Å². The minimum Gasteiger partial charge on any atom is -0.354 e. The molecule has 1 amide bonds. The summed E-state index contributed by atoms with van der Waals surface area (Å²) in [4.78, 5) is 12.0. The lowest BCUT2D eigenvalue weighted by Gasteiger charge is -2.26. The van der Waals surface area contributed by atoms with Gasteiger partial charge in [-0.1, -0.05) is 57.0 Å². The van der Waals surface area contributed by atoms with E-state index in [4.69, 9.17) is 28.9 Å². The van der Waals surface area contributed by atoms with Crippen LogP contribution in [0, 0.1) is 5.41 Å². The first kappa shape index (κ1) is 20.5. The third-order valence-electron chi connectivity index (χ3n) is 3.29. The van der Waals surface area contributed by atoms with Crippen LogP contribution in [0.2, 0.25) is 10.0 Å². The SMILES string of the molecule is CC(CNC(=O)[C@@H](N)C(C)(C)C)c1c(Cl)cccc1Cl.Cl. The second-order valence-electron chi connectivity index (χ2n) is 6.13. The van der Waals surface area contributed by atoms with Crippen LogP contribution in [-0.2, 0) is 4.79 Å². The van der Waals surface area contributed by atoms with Gasteiger partial charge in [-0.3, -0.25) is 4.79 Å². The molecule has 1 unspecified atom stereocenters. The Morgan fingerprint density at radius 1 is 1.29 bits per heavy atom. The van der Waals surface area contributed by atoms with Crippen molar-refractivity contribution in [2.75, 3.05) is 6.54 Å². The van der Waals surface area contributed by atoms with Crippen LogP contribution in [0.3, 0.4) is 0 Å². The Morgan fingerprint density at radius 3 is 2.19 bits per heavy atom. The highest BCUT2D eigenvalue weighted by Crippen LogP contribution is 2.31. The molecule has 0 heterocycles. The van der Waals surface area contributed by atoms with E-state index in [0.29, 0.717) is 16.6 Å². The topological polar surface area (TPSA) is 55.1 Å². The fourth-order valence-electron chi connectivity index (χ4n) is 1.84. The van der Waals surface area contributed by atoms with Crippen molar-refractivity contribution in [3.63, 3.8) is 0 Å². The maximum absolute atomic E-state index is 12.0. The lowest BCUT2D eigenvalue weighted by molar-refractivity contribution is -0.124. The summed E-state index contributed by atoms with van der Waals surface area (Å²) in [5.41, 5.74) is 6.49. The Balaban J connectivity index is 0.00000400. The summed E-state index contributed by atoms with van der Waals surface area (Å²) in [6.45, 7) is 8.23. The molecule has 0 aliphatic carbocycles. The highest BCUT2D eigenvalue weighted by Gasteiger charge is 2.27. The molecule has 21 heavy (non-hydrogen) atoms. The van der Waals surface area contributed by atoms with Crippen LogP contribution >= 0.6 is 35.6 Å². The Labute approximate surface area is 143 Å². The zero-order valence-electron chi connectivity index (χ0n) is 12.7. The summed E-state index contributed by atoms with van der Waals surface area (Å²) in [6.07, 6.45) is 0. The first-order valence-electron chi connectivity index (χ1n) is 6.61. The summed E-state index contributed by atoms with van der Waals surface area (Å²) in [7, 11) is 0. The maximum atomic E-state index is 12.0. The van der Waals surface area contributed by atoms with E-state index in [2.05, 4.69) is 5.32 Å². The van der Waals surface area contributed by atoms with E-state index in [1.165, 1.54) is 0 Å². The van der Waals surface area contributed by atoms with E-state index in [9.17, 15) is 4.79 Å². The average Bonchev–Trinajstić information content (AvgIpc) is 2.33. The monoisotopic (exact) mass is 352 g/mol. The highest BCUT2D eigenvalue weighted by molar-refractivity contribution is 6.36. The molecule has 0 aromatic heterocycles. The number of hydrogen-bond acceptors (Lipinski definition) is 2. The first-order chi connectivity index (χ1) is 9.14. The van der Waals surface area contributed by atoms with Gasteiger partial charge in [0.15, 0.2) is 0 Å². The molecule has 0 fully saturated rings. The van der Waals surface area contributed by atoms with Gasteiger partial charge in [-0.25, -0.2) is 0 Å². The standard InChI is InChI=1S/C15H22Cl2N2O.ClH/c1-9(12-10(16)6-5-7-11(12)17)8-19-14(20)13(18)15(2,3)4;/h5-7,9,13H,8,18H2,1-4H3,(H,19,20);1H/t9?,13-;/m1./s1. The normalized spacial score (nSPS) is 14.0. The second kappa shape index (κ2) is 8.23. The van der Waals surface area contributed by atoms with Crippen molar-refractivity contribution in [1.82, 2.24) is 5.32 Å². The van der Waals surface area contributed by atoms with Crippen LogP contribution in [0.5, 0.6) is 0 Å². The Morgan fingerprint density at radius 2 is 1.76 bits per heavy atom. The fourth-order valence-corrected chi connectivity index (χ4v) is 2.61. The summed E-state index contributed by atoms with van der Waals surface area (Å²) in [5.74, 6) is -0.139. The molecule has 1 rings (SSSR count). The molecule has 0 aliphatic rings. The summed E-state index contributed by atoms with van der Waals surface area (Å²) < 4.78 is 0. The van der Waals surface area contributed by atoms with Gasteiger partial charge in [0.25, 0.3) is 0 Å². The number of benzene rings is 1. The van der Waals surface area contributed by atoms with Crippen molar-refractivity contribution in [3.8, 4) is 0 Å². The van der Waals surface area contributed by atoms with Crippen molar-refractivity contribution < 1.29 is 4.79 Å². The summed E-state index contributed by atoms with van der Waals surface area (Å²) >= 11 is 12.3. The van der Waals surface area contributed by atoms with Gasteiger partial charge in [0.05, 0.1) is 6.04 Å². The Bertz CT molecular complexity index is 466. The molecule has 0 bridgehead atoms. The molecule has 120 valence electrons. The van der Waals surface area contributed by atoms with Gasteiger partial charge >= 0.3 is 0 Å². The average molecular weight is 354 g/mol. The van der Waals surface area contributed by atoms with Gasteiger partial charge in [0.1, 0.15) is 0 Å². The minimum absolute atomic E-state index is 0. The van der Waals surface area contributed by atoms with Crippen molar-refractivity contribution in [3.05, 3.63) is 33.8 Å². The largest absolute Gasteiger partial charge is 0.354 e. The number of hydrogen-bond donors (Lipinski definition) is 2. The number of halogens is 3. The van der Waals surface area contributed by atoms with Crippen molar-refractivity contribution in [2.45, 2.75) is 39.7 Å². The van der Waals surface area contributed by atoms with Crippen LogP contribution in [0.4, 0.5) is 0 Å². The molecule has 2 atom stereocenters. The molecule has 0 aliphatic heterocycles. The molecule has 0 saturated heterocycles. The predicted octanol–water partition coefficient (Wildman–Crippen LogP) is 4.01. The second-order valence-corrected chi connectivity index (χ2v) is 6.94. The van der Waals surface area contributed by atoms with Gasteiger partial charge in [-0.05, 0) is 23.1 Å². The highest BCUT2D eigenvalue weighted by atomic mass is 35.5. The number of nitrogens with one attached hydrogen (secondary N) is 1. The molecule has 0 radical (unpaired) electrons. The minimum atomic E-state index is -0.545. The number of carbonyl (C=O) groups is 1. The van der Waals surface area contributed by atoms with Crippen molar-refractivity contribution >= 4 is 41.5 Å². The van der Waals surface area contributed by atoms with E-state index in [1.807, 2.05) is 27.7 Å². The van der Waals surface area contributed by atoms with E-state index >= 15 is 0 Å². The first-order valence-corrected chi connectivity index (χ1v) is 7.37. The number of amides is 1. The predicted molar refractivity (Wildman–Crippen MR) is 92.6 cm³/mol. The zero-order chi connectivity index (χ0) is 15.5. The number of nitrogens with two attached hydrogens (primary N) is 1. The molecule has 3 nitrogen and oxygen atoms in total. The van der Waals surface area contributed by atoms with Gasteiger partial charge < -0.3 is 11.1 Å². The molecule has 0 spiro atoms. The lowest BCUT2D eigenvalue weighted by Crippen LogP contribution is -2.49. The number of rotatable bonds is 4. The van der Waals surface area contributed by atoms with Gasteiger partial charge in [-0.15, -0.1) is 12.4 Å². The maximum Gasteiger partial charge on any atom is 0.237 e. The number of carbonyl (C=O) groups excluding carboxylic acids is 1. The third-order valence-corrected chi connectivity index (χ3v) is 3.95.